The maximum atomic E-state index is 10.3. The Morgan fingerprint density at radius 3 is 3.00 bits per heavy atom. The Morgan fingerprint density at radius 2 is 2.41 bits per heavy atom. The molecule has 1 aromatic heterocycles. The molecule has 0 aromatic carbocycles. The molecule has 1 unspecified atom stereocenters. The summed E-state index contributed by atoms with van der Waals surface area (Å²) in [6, 6.07) is 0. The second kappa shape index (κ2) is 7.29. The highest BCUT2D eigenvalue weighted by atomic mass is 32.2. The Labute approximate surface area is 104 Å². The van der Waals surface area contributed by atoms with Crippen molar-refractivity contribution in [3.63, 3.8) is 0 Å². The predicted molar refractivity (Wildman–Crippen MR) is 62.8 cm³/mol. The maximum Gasteiger partial charge on any atom is 0.313 e. The van der Waals surface area contributed by atoms with Gasteiger partial charge in [0.05, 0.1) is 11.5 Å². The third kappa shape index (κ3) is 4.74. The molecule has 0 saturated heterocycles. The Morgan fingerprint density at radius 1 is 1.65 bits per heavy atom. The number of hydrogen-bond acceptors (Lipinski definition) is 6. The molecule has 17 heavy (non-hydrogen) atoms. The zero-order chi connectivity index (χ0) is 12.7. The maximum absolute atomic E-state index is 10.3. The van der Waals surface area contributed by atoms with E-state index in [9.17, 15) is 4.79 Å². The number of ether oxygens (including phenoxy) is 1. The average molecular weight is 260 g/mol. The second-order valence-electron chi connectivity index (χ2n) is 3.45. The van der Waals surface area contributed by atoms with Crippen molar-refractivity contribution in [3.05, 3.63) is 11.7 Å². The second-order valence-corrected chi connectivity index (χ2v) is 4.43. The van der Waals surface area contributed by atoms with Crippen LogP contribution in [0.3, 0.4) is 0 Å². The van der Waals surface area contributed by atoms with Gasteiger partial charge in [0.1, 0.15) is 6.10 Å². The summed E-state index contributed by atoms with van der Waals surface area (Å²) >= 11 is 1.22. The summed E-state index contributed by atoms with van der Waals surface area (Å²) in [5.74, 6) is 0.544. The van der Waals surface area contributed by atoms with E-state index in [4.69, 9.17) is 14.4 Å². The van der Waals surface area contributed by atoms with E-state index >= 15 is 0 Å². The molecule has 0 aliphatic heterocycles. The molecule has 0 amide bonds. The molecule has 7 heteroatoms. The van der Waals surface area contributed by atoms with Crippen molar-refractivity contribution in [2.24, 2.45) is 0 Å². The molecule has 0 saturated carbocycles. The third-order valence-corrected chi connectivity index (χ3v) is 2.96. The fourth-order valence-corrected chi connectivity index (χ4v) is 1.87. The van der Waals surface area contributed by atoms with Gasteiger partial charge in [0, 0.05) is 7.11 Å². The van der Waals surface area contributed by atoms with Crippen molar-refractivity contribution in [2.75, 3.05) is 12.9 Å². The Kier molecular flexibility index (Phi) is 5.99. The highest BCUT2D eigenvalue weighted by molar-refractivity contribution is 7.99. The third-order valence-electron chi connectivity index (χ3n) is 2.06. The zero-order valence-corrected chi connectivity index (χ0v) is 10.7. The first kappa shape index (κ1) is 14.0. The molecule has 0 spiro atoms. The van der Waals surface area contributed by atoms with Gasteiger partial charge in [-0.3, -0.25) is 4.79 Å². The topological polar surface area (TPSA) is 85.5 Å². The smallest absolute Gasteiger partial charge is 0.313 e. The van der Waals surface area contributed by atoms with E-state index in [1.54, 1.807) is 7.11 Å². The minimum Gasteiger partial charge on any atom is -0.481 e. The van der Waals surface area contributed by atoms with Gasteiger partial charge in [-0.05, 0) is 6.42 Å². The molecule has 1 N–H and O–H groups in total. The standard InChI is InChI=1S/C10H16N2O4S/c1-3-4-7(15-2)10-11-8(16-12-10)5-17-6-9(13)14/h7H,3-6H2,1-2H3,(H,13,14). The highest BCUT2D eigenvalue weighted by Gasteiger charge is 2.16. The van der Waals surface area contributed by atoms with Crippen molar-refractivity contribution >= 4 is 17.7 Å². The van der Waals surface area contributed by atoms with Gasteiger partial charge >= 0.3 is 5.97 Å². The van der Waals surface area contributed by atoms with Gasteiger partial charge in [0.25, 0.3) is 0 Å². The number of carbonyl (C=O) groups is 1. The number of carboxylic acids is 1. The van der Waals surface area contributed by atoms with Gasteiger partial charge in [0.2, 0.25) is 11.7 Å². The lowest BCUT2D eigenvalue weighted by atomic mass is 10.2. The summed E-state index contributed by atoms with van der Waals surface area (Å²) < 4.78 is 10.3. The highest BCUT2D eigenvalue weighted by Crippen LogP contribution is 2.20. The quantitative estimate of drug-likeness (QED) is 0.763. The number of aromatic nitrogens is 2. The molecule has 1 heterocycles. The molecule has 0 aliphatic carbocycles. The molecule has 0 radical (unpaired) electrons. The van der Waals surface area contributed by atoms with Crippen molar-refractivity contribution < 1.29 is 19.2 Å². The first-order chi connectivity index (χ1) is 8.17. The lowest BCUT2D eigenvalue weighted by Crippen LogP contribution is -2.03. The summed E-state index contributed by atoms with van der Waals surface area (Å²) in [7, 11) is 1.61. The molecule has 96 valence electrons. The summed E-state index contributed by atoms with van der Waals surface area (Å²) in [5, 5.41) is 12.3. The van der Waals surface area contributed by atoms with E-state index < -0.39 is 5.97 Å². The molecule has 1 aromatic rings. The van der Waals surface area contributed by atoms with Crippen LogP contribution in [0, 0.1) is 0 Å². The molecule has 6 nitrogen and oxygen atoms in total. The van der Waals surface area contributed by atoms with Gasteiger partial charge in [-0.25, -0.2) is 0 Å². The van der Waals surface area contributed by atoms with Gasteiger partial charge < -0.3 is 14.4 Å². The van der Waals surface area contributed by atoms with E-state index in [1.807, 2.05) is 0 Å². The van der Waals surface area contributed by atoms with Crippen molar-refractivity contribution in [2.45, 2.75) is 31.6 Å². The van der Waals surface area contributed by atoms with Crippen LogP contribution in [0.5, 0.6) is 0 Å². The minimum atomic E-state index is -0.851. The van der Waals surface area contributed by atoms with Gasteiger partial charge in [-0.2, -0.15) is 4.98 Å². The van der Waals surface area contributed by atoms with Gasteiger partial charge in [0.15, 0.2) is 0 Å². The van der Waals surface area contributed by atoms with E-state index in [1.165, 1.54) is 11.8 Å². The minimum absolute atomic E-state index is 0.0282. The summed E-state index contributed by atoms with van der Waals surface area (Å²) in [4.78, 5) is 14.5. The predicted octanol–water partition coefficient (Wildman–Crippen LogP) is 1.88. The summed E-state index contributed by atoms with van der Waals surface area (Å²) in [5.41, 5.74) is 0. The number of hydrogen-bond donors (Lipinski definition) is 1. The molecule has 0 aliphatic rings. The van der Waals surface area contributed by atoms with E-state index in [-0.39, 0.29) is 11.9 Å². The number of carboxylic acid groups (broad SMARTS) is 1. The molecule has 1 atom stereocenters. The van der Waals surface area contributed by atoms with Crippen LogP contribution in [0.15, 0.2) is 4.52 Å². The average Bonchev–Trinajstić information content (AvgIpc) is 2.74. The zero-order valence-electron chi connectivity index (χ0n) is 9.88. The van der Waals surface area contributed by atoms with Crippen LogP contribution in [-0.4, -0.2) is 34.1 Å². The van der Waals surface area contributed by atoms with Crippen molar-refractivity contribution in [3.8, 4) is 0 Å². The van der Waals surface area contributed by atoms with Crippen LogP contribution in [-0.2, 0) is 15.3 Å². The van der Waals surface area contributed by atoms with Crippen LogP contribution >= 0.6 is 11.8 Å². The van der Waals surface area contributed by atoms with Crippen LogP contribution in [0.25, 0.3) is 0 Å². The number of methoxy groups -OCH3 is 1. The number of nitrogens with zero attached hydrogens (tertiary/aromatic N) is 2. The van der Waals surface area contributed by atoms with Gasteiger partial charge in [-0.15, -0.1) is 11.8 Å². The first-order valence-corrected chi connectivity index (χ1v) is 6.47. The van der Waals surface area contributed by atoms with Crippen LogP contribution < -0.4 is 0 Å². The molecular weight excluding hydrogens is 244 g/mol. The molecule has 1 rings (SSSR count). The molecule has 0 fully saturated rings. The Bertz CT molecular complexity index is 356. The summed E-state index contributed by atoms with van der Waals surface area (Å²) in [6.45, 7) is 2.05. The number of thioether (sulfide) groups is 1. The SMILES string of the molecule is CCCC(OC)c1noc(CSCC(=O)O)n1. The van der Waals surface area contributed by atoms with Crippen LogP contribution in [0.1, 0.15) is 37.6 Å². The lowest BCUT2D eigenvalue weighted by molar-refractivity contribution is -0.133. The normalized spacial score (nSPS) is 12.6. The summed E-state index contributed by atoms with van der Waals surface area (Å²) in [6.07, 6.45) is 1.65. The Hall–Kier alpha value is -1.08. The fraction of sp³-hybridized carbons (Fsp3) is 0.700. The van der Waals surface area contributed by atoms with E-state index in [0.29, 0.717) is 17.5 Å². The van der Waals surface area contributed by atoms with E-state index in [0.717, 1.165) is 12.8 Å². The van der Waals surface area contributed by atoms with Crippen LogP contribution in [0.4, 0.5) is 0 Å². The van der Waals surface area contributed by atoms with E-state index in [2.05, 4.69) is 17.1 Å². The van der Waals surface area contributed by atoms with Crippen molar-refractivity contribution in [1.29, 1.82) is 0 Å². The Balaban J connectivity index is 2.48. The molecular formula is C10H16N2O4S. The van der Waals surface area contributed by atoms with Gasteiger partial charge in [-0.1, -0.05) is 18.5 Å². The molecule has 0 bridgehead atoms. The van der Waals surface area contributed by atoms with Crippen molar-refractivity contribution in [1.82, 2.24) is 10.1 Å². The number of rotatable bonds is 8. The monoisotopic (exact) mass is 260 g/mol. The van der Waals surface area contributed by atoms with Crippen LogP contribution in [0.2, 0.25) is 0 Å². The first-order valence-electron chi connectivity index (χ1n) is 5.32. The largest absolute Gasteiger partial charge is 0.481 e. The fourth-order valence-electron chi connectivity index (χ4n) is 1.30. The number of aliphatic carboxylic acids is 1. The lowest BCUT2D eigenvalue weighted by Gasteiger charge is -2.08.